The summed E-state index contributed by atoms with van der Waals surface area (Å²) in [6.45, 7) is 4.20. The van der Waals surface area contributed by atoms with Crippen LogP contribution in [0.25, 0.3) is 0 Å². The predicted molar refractivity (Wildman–Crippen MR) is 48.4 cm³/mol. The van der Waals surface area contributed by atoms with E-state index in [4.69, 9.17) is 5.73 Å². The minimum absolute atomic E-state index is 0.179. The zero-order valence-corrected chi connectivity index (χ0v) is 7.71. The first-order valence-electron chi connectivity index (χ1n) is 4.64. The molecule has 0 aromatic heterocycles. The van der Waals surface area contributed by atoms with Crippen molar-refractivity contribution >= 4 is 0 Å². The molecule has 11 heavy (non-hydrogen) atoms. The average molecular weight is 159 g/mol. The Morgan fingerprint density at radius 2 is 1.73 bits per heavy atom. The third-order valence-electron chi connectivity index (χ3n) is 1.86. The first-order valence-corrected chi connectivity index (χ1v) is 4.64. The average Bonchev–Trinajstić information content (AvgIpc) is 1.87. The van der Waals surface area contributed by atoms with Crippen LogP contribution >= 0.6 is 0 Å². The van der Waals surface area contributed by atoms with Gasteiger partial charge in [-0.1, -0.05) is 26.7 Å². The van der Waals surface area contributed by atoms with Crippen LogP contribution in [0, 0.1) is 0 Å². The molecule has 0 spiro atoms. The third-order valence-corrected chi connectivity index (χ3v) is 1.86. The molecule has 0 fully saturated rings. The highest BCUT2D eigenvalue weighted by atomic mass is 16.3. The molecule has 2 unspecified atom stereocenters. The first-order chi connectivity index (χ1) is 5.20. The van der Waals surface area contributed by atoms with E-state index in [1.165, 1.54) is 0 Å². The number of hydrogen-bond donors (Lipinski definition) is 2. The normalized spacial score (nSPS) is 16.4. The topological polar surface area (TPSA) is 46.2 Å². The number of aliphatic hydroxyl groups excluding tert-OH is 1. The van der Waals surface area contributed by atoms with Gasteiger partial charge in [0.15, 0.2) is 0 Å². The Morgan fingerprint density at radius 3 is 2.18 bits per heavy atom. The minimum Gasteiger partial charge on any atom is -0.393 e. The number of aliphatic hydroxyl groups is 1. The van der Waals surface area contributed by atoms with Gasteiger partial charge in [0.1, 0.15) is 0 Å². The fraction of sp³-hybridized carbons (Fsp3) is 1.00. The van der Waals surface area contributed by atoms with Crippen molar-refractivity contribution in [2.45, 2.75) is 58.1 Å². The van der Waals surface area contributed by atoms with E-state index in [0.29, 0.717) is 0 Å². The summed E-state index contributed by atoms with van der Waals surface area (Å²) < 4.78 is 0. The van der Waals surface area contributed by atoms with Crippen LogP contribution in [0.15, 0.2) is 0 Å². The quantitative estimate of drug-likeness (QED) is 0.619. The molecule has 0 heterocycles. The van der Waals surface area contributed by atoms with E-state index in [9.17, 15) is 5.11 Å². The van der Waals surface area contributed by atoms with Crippen LogP contribution in [-0.2, 0) is 0 Å². The van der Waals surface area contributed by atoms with Gasteiger partial charge in [0.05, 0.1) is 6.10 Å². The van der Waals surface area contributed by atoms with Crippen LogP contribution in [0.4, 0.5) is 0 Å². The highest BCUT2D eigenvalue weighted by Crippen LogP contribution is 2.06. The minimum atomic E-state index is -0.179. The predicted octanol–water partition coefficient (Wildman–Crippen LogP) is 1.66. The Balaban J connectivity index is 3.32. The van der Waals surface area contributed by atoms with Gasteiger partial charge in [-0.3, -0.25) is 0 Å². The third kappa shape index (κ3) is 6.32. The molecule has 2 heteroatoms. The summed E-state index contributed by atoms with van der Waals surface area (Å²) in [6.07, 6.45) is 4.65. The Labute approximate surface area is 69.8 Å². The fourth-order valence-corrected chi connectivity index (χ4v) is 1.29. The molecule has 2 nitrogen and oxygen atoms in total. The summed E-state index contributed by atoms with van der Waals surface area (Å²) in [6, 6.07) is 0.196. The fourth-order valence-electron chi connectivity index (χ4n) is 1.29. The molecule has 0 bridgehead atoms. The van der Waals surface area contributed by atoms with Crippen molar-refractivity contribution in [3.8, 4) is 0 Å². The maximum absolute atomic E-state index is 9.37. The molecule has 0 aliphatic heterocycles. The summed E-state index contributed by atoms with van der Waals surface area (Å²) in [7, 11) is 0. The largest absolute Gasteiger partial charge is 0.393 e. The van der Waals surface area contributed by atoms with Gasteiger partial charge in [-0.05, 0) is 19.3 Å². The van der Waals surface area contributed by atoms with E-state index in [-0.39, 0.29) is 12.1 Å². The Morgan fingerprint density at radius 1 is 1.18 bits per heavy atom. The maximum atomic E-state index is 9.37. The van der Waals surface area contributed by atoms with Crippen LogP contribution in [0.2, 0.25) is 0 Å². The molecule has 68 valence electrons. The molecule has 0 radical (unpaired) electrons. The van der Waals surface area contributed by atoms with Gasteiger partial charge < -0.3 is 10.8 Å². The Kier molecular flexibility index (Phi) is 6.57. The van der Waals surface area contributed by atoms with E-state index < -0.39 is 0 Å². The summed E-state index contributed by atoms with van der Waals surface area (Å²) in [5.41, 5.74) is 5.76. The van der Waals surface area contributed by atoms with E-state index in [1.807, 2.05) is 0 Å². The summed E-state index contributed by atoms with van der Waals surface area (Å²) >= 11 is 0. The van der Waals surface area contributed by atoms with Crippen molar-refractivity contribution in [3.05, 3.63) is 0 Å². The second-order valence-electron chi connectivity index (χ2n) is 3.23. The molecule has 0 saturated heterocycles. The van der Waals surface area contributed by atoms with Crippen molar-refractivity contribution in [1.29, 1.82) is 0 Å². The van der Waals surface area contributed by atoms with Crippen LogP contribution in [-0.4, -0.2) is 17.3 Å². The van der Waals surface area contributed by atoms with Crippen LogP contribution in [0.5, 0.6) is 0 Å². The van der Waals surface area contributed by atoms with Gasteiger partial charge in [-0.25, -0.2) is 0 Å². The summed E-state index contributed by atoms with van der Waals surface area (Å²) in [5.74, 6) is 0. The molecule has 0 aliphatic rings. The van der Waals surface area contributed by atoms with Crippen molar-refractivity contribution in [2.75, 3.05) is 0 Å². The van der Waals surface area contributed by atoms with Crippen molar-refractivity contribution in [3.63, 3.8) is 0 Å². The summed E-state index contributed by atoms with van der Waals surface area (Å²) in [5, 5.41) is 9.37. The molecular weight excluding hydrogens is 138 g/mol. The van der Waals surface area contributed by atoms with Crippen molar-refractivity contribution < 1.29 is 5.11 Å². The number of hydrogen-bond acceptors (Lipinski definition) is 2. The molecule has 0 aromatic rings. The first kappa shape index (κ1) is 10.9. The van der Waals surface area contributed by atoms with Gasteiger partial charge in [0.2, 0.25) is 0 Å². The number of rotatable bonds is 6. The zero-order chi connectivity index (χ0) is 8.69. The summed E-state index contributed by atoms with van der Waals surface area (Å²) in [4.78, 5) is 0. The monoisotopic (exact) mass is 159 g/mol. The van der Waals surface area contributed by atoms with Gasteiger partial charge >= 0.3 is 0 Å². The lowest BCUT2D eigenvalue weighted by molar-refractivity contribution is 0.143. The van der Waals surface area contributed by atoms with Crippen LogP contribution in [0.3, 0.4) is 0 Å². The molecule has 0 aliphatic carbocycles. The molecule has 2 atom stereocenters. The molecule has 0 rings (SSSR count). The lowest BCUT2D eigenvalue weighted by Crippen LogP contribution is -2.25. The molecular formula is C9H21NO. The lowest BCUT2D eigenvalue weighted by Gasteiger charge is -2.14. The van der Waals surface area contributed by atoms with E-state index in [1.54, 1.807) is 0 Å². The van der Waals surface area contributed by atoms with Gasteiger partial charge in [0.25, 0.3) is 0 Å². The molecule has 0 amide bonds. The van der Waals surface area contributed by atoms with E-state index in [2.05, 4.69) is 13.8 Å². The lowest BCUT2D eigenvalue weighted by atomic mass is 10.0. The van der Waals surface area contributed by atoms with Crippen LogP contribution < -0.4 is 5.73 Å². The molecule has 3 N–H and O–H groups in total. The standard InChI is InChI=1S/C9H21NO/c1-3-5-8(10)7-9(11)6-4-2/h8-9,11H,3-7,10H2,1-2H3. The Bertz CT molecular complexity index is 75.6. The van der Waals surface area contributed by atoms with Crippen LogP contribution in [0.1, 0.15) is 46.0 Å². The molecule has 0 aromatic carbocycles. The van der Waals surface area contributed by atoms with Crippen molar-refractivity contribution in [1.82, 2.24) is 0 Å². The second kappa shape index (κ2) is 6.62. The smallest absolute Gasteiger partial charge is 0.0554 e. The van der Waals surface area contributed by atoms with E-state index >= 15 is 0 Å². The SMILES string of the molecule is CCCC(N)CC(O)CCC. The maximum Gasteiger partial charge on any atom is 0.0554 e. The van der Waals surface area contributed by atoms with Gasteiger partial charge in [0, 0.05) is 6.04 Å². The van der Waals surface area contributed by atoms with Gasteiger partial charge in [-0.2, -0.15) is 0 Å². The Hall–Kier alpha value is -0.0800. The van der Waals surface area contributed by atoms with Crippen molar-refractivity contribution in [2.24, 2.45) is 5.73 Å². The second-order valence-corrected chi connectivity index (χ2v) is 3.23. The highest BCUT2D eigenvalue weighted by Gasteiger charge is 2.08. The van der Waals surface area contributed by atoms with Gasteiger partial charge in [-0.15, -0.1) is 0 Å². The zero-order valence-electron chi connectivity index (χ0n) is 7.71. The number of nitrogens with two attached hydrogens (primary N) is 1. The van der Waals surface area contributed by atoms with E-state index in [0.717, 1.165) is 32.1 Å². The molecule has 0 saturated carbocycles. The highest BCUT2D eigenvalue weighted by molar-refractivity contribution is 4.66.